The average Bonchev–Trinajstić information content (AvgIpc) is 3.47. The van der Waals surface area contributed by atoms with E-state index in [0.29, 0.717) is 48.3 Å². The lowest BCUT2D eigenvalue weighted by molar-refractivity contribution is 0.0341. The fourth-order valence-electron chi connectivity index (χ4n) is 5.22. The molecule has 5 rings (SSSR count). The Morgan fingerprint density at radius 2 is 1.66 bits per heavy atom. The standard InChI is InChI=1S/C32H36N4O8/c1-19-14-36(20(2)17-37)30(38)25-12-23(33-32(41)34-24-9-11-27-28(13-24)43-18-42-27)8-10-26(25)44-29(19)16-35(3)15-21-4-6-22(7-5-21)31(39)40/h4-13,19-20,29,37H,14-18H2,1-3H3,(H,39,40)(H2,33,34,41)/t19-,20+,29-/m1/s1. The molecule has 0 fully saturated rings. The fraction of sp³-hybridized carbons (Fsp3) is 0.344. The monoisotopic (exact) mass is 604 g/mol. The number of carboxylic acid groups (broad SMARTS) is 1. The Bertz CT molecular complexity index is 1530. The minimum atomic E-state index is -0.972. The molecule has 44 heavy (non-hydrogen) atoms. The largest absolute Gasteiger partial charge is 0.488 e. The van der Waals surface area contributed by atoms with E-state index in [0.717, 1.165) is 5.56 Å². The lowest BCUT2D eigenvalue weighted by Gasteiger charge is -2.38. The first-order valence-corrected chi connectivity index (χ1v) is 14.3. The van der Waals surface area contributed by atoms with Gasteiger partial charge in [0, 0.05) is 43.0 Å². The van der Waals surface area contributed by atoms with Crippen LogP contribution in [0.15, 0.2) is 60.7 Å². The van der Waals surface area contributed by atoms with E-state index < -0.39 is 18.0 Å². The number of anilines is 2. The van der Waals surface area contributed by atoms with Crippen LogP contribution in [0.1, 0.15) is 40.1 Å². The van der Waals surface area contributed by atoms with E-state index in [1.54, 1.807) is 72.5 Å². The number of likely N-dealkylation sites (N-methyl/N-ethyl adjacent to an activating group) is 1. The van der Waals surface area contributed by atoms with Crippen molar-refractivity contribution in [2.24, 2.45) is 5.92 Å². The minimum Gasteiger partial charge on any atom is -0.488 e. The Hall–Kier alpha value is -4.81. The normalized spacial score (nSPS) is 18.1. The van der Waals surface area contributed by atoms with E-state index in [1.807, 2.05) is 14.0 Å². The molecule has 3 aromatic carbocycles. The zero-order chi connectivity index (χ0) is 31.4. The number of carbonyl (C=O) groups is 3. The number of carboxylic acids is 1. The van der Waals surface area contributed by atoms with Crippen LogP contribution in [0.2, 0.25) is 0 Å². The zero-order valence-corrected chi connectivity index (χ0v) is 24.8. The molecule has 0 radical (unpaired) electrons. The van der Waals surface area contributed by atoms with Crippen molar-refractivity contribution in [3.63, 3.8) is 0 Å². The highest BCUT2D eigenvalue weighted by atomic mass is 16.7. The summed E-state index contributed by atoms with van der Waals surface area (Å²) in [7, 11) is 1.95. The second-order valence-corrected chi connectivity index (χ2v) is 11.2. The summed E-state index contributed by atoms with van der Waals surface area (Å²) in [5.74, 6) is 0.158. The van der Waals surface area contributed by atoms with Crippen LogP contribution in [0.3, 0.4) is 0 Å². The molecule has 0 aromatic heterocycles. The molecule has 12 heteroatoms. The van der Waals surface area contributed by atoms with E-state index in [2.05, 4.69) is 15.5 Å². The van der Waals surface area contributed by atoms with Gasteiger partial charge in [0.25, 0.3) is 5.91 Å². The van der Waals surface area contributed by atoms with Gasteiger partial charge in [0.2, 0.25) is 6.79 Å². The number of hydrogen-bond donors (Lipinski definition) is 4. The van der Waals surface area contributed by atoms with Gasteiger partial charge in [-0.05, 0) is 62.0 Å². The predicted octanol–water partition coefficient (Wildman–Crippen LogP) is 4.11. The molecule has 0 aliphatic carbocycles. The van der Waals surface area contributed by atoms with E-state index >= 15 is 0 Å². The van der Waals surface area contributed by atoms with Crippen LogP contribution in [0.25, 0.3) is 0 Å². The first-order chi connectivity index (χ1) is 21.1. The van der Waals surface area contributed by atoms with Crippen LogP contribution in [0.5, 0.6) is 17.2 Å². The third-order valence-corrected chi connectivity index (χ3v) is 7.70. The number of ether oxygens (including phenoxy) is 3. The van der Waals surface area contributed by atoms with Gasteiger partial charge in [-0.2, -0.15) is 0 Å². The number of urea groups is 1. The Morgan fingerprint density at radius 1 is 1.00 bits per heavy atom. The van der Waals surface area contributed by atoms with Gasteiger partial charge in [0.05, 0.1) is 23.8 Å². The molecule has 0 unspecified atom stereocenters. The number of nitrogens with zero attached hydrogens (tertiary/aromatic N) is 2. The second kappa shape index (κ2) is 13.2. The van der Waals surface area contributed by atoms with Crippen molar-refractivity contribution in [3.05, 3.63) is 77.4 Å². The quantitative estimate of drug-likeness (QED) is 0.283. The summed E-state index contributed by atoms with van der Waals surface area (Å²) in [5, 5.41) is 24.6. The smallest absolute Gasteiger partial charge is 0.335 e. The van der Waals surface area contributed by atoms with Crippen LogP contribution in [-0.2, 0) is 6.54 Å². The summed E-state index contributed by atoms with van der Waals surface area (Å²) in [5.41, 5.74) is 2.36. The molecule has 232 valence electrons. The minimum absolute atomic E-state index is 0.0804. The van der Waals surface area contributed by atoms with Gasteiger partial charge in [-0.3, -0.25) is 9.69 Å². The first kappa shape index (κ1) is 30.6. The number of aliphatic hydroxyl groups excluding tert-OH is 1. The number of aliphatic hydroxyl groups is 1. The fourth-order valence-corrected chi connectivity index (χ4v) is 5.22. The van der Waals surface area contributed by atoms with Crippen molar-refractivity contribution in [1.29, 1.82) is 0 Å². The van der Waals surface area contributed by atoms with E-state index in [4.69, 9.17) is 14.2 Å². The highest BCUT2D eigenvalue weighted by Crippen LogP contribution is 2.34. The molecular formula is C32H36N4O8. The van der Waals surface area contributed by atoms with Crippen molar-refractivity contribution in [1.82, 2.24) is 9.80 Å². The molecule has 3 amide bonds. The number of hydrogen-bond acceptors (Lipinski definition) is 8. The summed E-state index contributed by atoms with van der Waals surface area (Å²) < 4.78 is 17.1. The maximum absolute atomic E-state index is 13.7. The molecule has 0 bridgehead atoms. The summed E-state index contributed by atoms with van der Waals surface area (Å²) in [4.78, 5) is 41.5. The summed E-state index contributed by atoms with van der Waals surface area (Å²) in [6.45, 7) is 5.16. The van der Waals surface area contributed by atoms with Crippen molar-refractivity contribution in [2.45, 2.75) is 32.5 Å². The van der Waals surface area contributed by atoms with E-state index in [-0.39, 0.29) is 42.5 Å². The molecule has 3 atom stereocenters. The van der Waals surface area contributed by atoms with Crippen LogP contribution in [0.4, 0.5) is 16.2 Å². The number of amides is 3. The Labute approximate surface area is 255 Å². The molecule has 12 nitrogen and oxygen atoms in total. The van der Waals surface area contributed by atoms with Crippen LogP contribution in [0, 0.1) is 5.92 Å². The highest BCUT2D eigenvalue weighted by Gasteiger charge is 2.33. The van der Waals surface area contributed by atoms with Gasteiger partial charge in [-0.25, -0.2) is 9.59 Å². The molecule has 0 saturated carbocycles. The lowest BCUT2D eigenvalue weighted by Crippen LogP contribution is -2.49. The summed E-state index contributed by atoms with van der Waals surface area (Å²) in [6, 6.07) is 15.8. The second-order valence-electron chi connectivity index (χ2n) is 11.2. The Kier molecular flexibility index (Phi) is 9.21. The molecule has 2 aliphatic rings. The molecule has 3 aromatic rings. The molecule has 0 spiro atoms. The molecular weight excluding hydrogens is 568 g/mol. The maximum atomic E-state index is 13.7. The van der Waals surface area contributed by atoms with Crippen molar-refractivity contribution in [2.75, 3.05) is 44.2 Å². The van der Waals surface area contributed by atoms with E-state index in [1.165, 1.54) is 0 Å². The van der Waals surface area contributed by atoms with Crippen LogP contribution in [-0.4, -0.2) is 83.6 Å². The van der Waals surface area contributed by atoms with Crippen LogP contribution >= 0.6 is 0 Å². The van der Waals surface area contributed by atoms with Crippen molar-refractivity contribution >= 4 is 29.3 Å². The Morgan fingerprint density at radius 3 is 2.34 bits per heavy atom. The molecule has 0 saturated heterocycles. The number of fused-ring (bicyclic) bond motifs is 2. The van der Waals surface area contributed by atoms with Gasteiger partial charge < -0.3 is 40.0 Å². The predicted molar refractivity (Wildman–Crippen MR) is 163 cm³/mol. The van der Waals surface area contributed by atoms with Crippen molar-refractivity contribution in [3.8, 4) is 17.2 Å². The number of aromatic carboxylic acids is 1. The van der Waals surface area contributed by atoms with Crippen LogP contribution < -0.4 is 24.8 Å². The lowest BCUT2D eigenvalue weighted by atomic mass is 9.99. The summed E-state index contributed by atoms with van der Waals surface area (Å²) >= 11 is 0. The van der Waals surface area contributed by atoms with Gasteiger partial charge in [-0.15, -0.1) is 0 Å². The first-order valence-electron chi connectivity index (χ1n) is 14.3. The number of rotatable bonds is 9. The number of benzene rings is 3. The van der Waals surface area contributed by atoms with E-state index in [9.17, 15) is 24.6 Å². The average molecular weight is 605 g/mol. The SMILES string of the molecule is C[C@@H]1CN([C@@H](C)CO)C(=O)c2cc(NC(=O)Nc3ccc4c(c3)OCO4)ccc2O[C@@H]1CN(C)Cc1ccc(C(=O)O)cc1. The molecule has 2 aliphatic heterocycles. The number of carbonyl (C=O) groups excluding carboxylic acids is 2. The van der Waals surface area contributed by atoms with Crippen molar-refractivity contribution < 1.29 is 38.8 Å². The summed E-state index contributed by atoms with van der Waals surface area (Å²) in [6.07, 6.45) is -0.313. The Balaban J connectivity index is 1.33. The van der Waals surface area contributed by atoms with Gasteiger partial charge in [-0.1, -0.05) is 19.1 Å². The van der Waals surface area contributed by atoms with Gasteiger partial charge >= 0.3 is 12.0 Å². The van der Waals surface area contributed by atoms with Gasteiger partial charge in [0.15, 0.2) is 11.5 Å². The third kappa shape index (κ3) is 7.04. The maximum Gasteiger partial charge on any atom is 0.335 e. The molecule has 4 N–H and O–H groups in total. The third-order valence-electron chi connectivity index (χ3n) is 7.70. The highest BCUT2D eigenvalue weighted by molar-refractivity contribution is 6.02. The number of nitrogens with one attached hydrogen (secondary N) is 2. The topological polar surface area (TPSA) is 150 Å². The zero-order valence-electron chi connectivity index (χ0n) is 24.8. The van der Waals surface area contributed by atoms with Gasteiger partial charge in [0.1, 0.15) is 11.9 Å². The molecule has 2 heterocycles.